The predicted molar refractivity (Wildman–Crippen MR) is 63.5 cm³/mol. The molecule has 1 aromatic carbocycles. The van der Waals surface area contributed by atoms with Gasteiger partial charge in [-0.05, 0) is 17.7 Å². The van der Waals surface area contributed by atoms with Crippen molar-refractivity contribution < 1.29 is 9.59 Å². The number of rotatable bonds is 2. The lowest BCUT2D eigenvalue weighted by Gasteiger charge is -2.11. The summed E-state index contributed by atoms with van der Waals surface area (Å²) in [6, 6.07) is 6.91. The summed E-state index contributed by atoms with van der Waals surface area (Å²) < 4.78 is 0. The summed E-state index contributed by atoms with van der Waals surface area (Å²) in [7, 11) is 0. The molecule has 2 rings (SSSR count). The Labute approximate surface area is 102 Å². The maximum atomic E-state index is 11.9. The lowest BCUT2D eigenvalue weighted by atomic mass is 10.1. The van der Waals surface area contributed by atoms with Crippen LogP contribution >= 0.6 is 15.9 Å². The minimum absolute atomic E-state index is 0.240. The second-order valence-electron chi connectivity index (χ2n) is 3.52. The molecule has 0 radical (unpaired) electrons. The number of imide groups is 1. The third-order valence-electron chi connectivity index (χ3n) is 2.46. The molecule has 0 saturated carbocycles. The molecule has 0 aliphatic carbocycles. The topological polar surface area (TPSA) is 49.4 Å². The summed E-state index contributed by atoms with van der Waals surface area (Å²) in [5.41, 5.74) is 1.64. The number of nitrogens with one attached hydrogen (secondary N) is 1. The van der Waals surface area contributed by atoms with E-state index < -0.39 is 0 Å². The highest BCUT2D eigenvalue weighted by molar-refractivity contribution is 9.08. The van der Waals surface area contributed by atoms with E-state index in [0.717, 1.165) is 10.9 Å². The summed E-state index contributed by atoms with van der Waals surface area (Å²) in [5, 5.41) is 3.36. The van der Waals surface area contributed by atoms with Crippen LogP contribution in [0.25, 0.3) is 0 Å². The number of halogens is 1. The first kappa shape index (κ1) is 11.1. The van der Waals surface area contributed by atoms with Gasteiger partial charge >= 0.3 is 6.03 Å². The fraction of sp³-hybridized carbons (Fsp3) is 0.273. The Morgan fingerprint density at radius 2 is 2.06 bits per heavy atom. The van der Waals surface area contributed by atoms with Gasteiger partial charge in [-0.3, -0.25) is 9.69 Å². The quantitative estimate of drug-likeness (QED) is 0.841. The van der Waals surface area contributed by atoms with Crippen LogP contribution in [0.5, 0.6) is 0 Å². The average Bonchev–Trinajstić information content (AvgIpc) is 2.75. The number of benzene rings is 1. The van der Waals surface area contributed by atoms with Crippen LogP contribution in [0.1, 0.15) is 15.9 Å². The fourth-order valence-corrected chi connectivity index (χ4v) is 1.93. The van der Waals surface area contributed by atoms with Gasteiger partial charge in [-0.15, -0.1) is 0 Å². The van der Waals surface area contributed by atoms with Crippen LogP contribution in [0, 0.1) is 0 Å². The van der Waals surface area contributed by atoms with Crippen molar-refractivity contribution in [3.8, 4) is 0 Å². The molecule has 1 N–H and O–H groups in total. The van der Waals surface area contributed by atoms with Crippen molar-refractivity contribution in [2.45, 2.75) is 5.33 Å². The molecule has 4 nitrogen and oxygen atoms in total. The van der Waals surface area contributed by atoms with Crippen LogP contribution in [0.2, 0.25) is 0 Å². The van der Waals surface area contributed by atoms with Crippen LogP contribution in [-0.4, -0.2) is 29.9 Å². The Hall–Kier alpha value is -1.36. The fourth-order valence-electron chi connectivity index (χ4n) is 1.56. The van der Waals surface area contributed by atoms with Crippen LogP contribution in [0.3, 0.4) is 0 Å². The Bertz CT molecular complexity index is 416. The predicted octanol–water partition coefficient (Wildman–Crippen LogP) is 1.75. The molecule has 1 aliphatic heterocycles. The summed E-state index contributed by atoms with van der Waals surface area (Å²) in [6.45, 7) is 0.974. The minimum Gasteiger partial charge on any atom is -0.336 e. The van der Waals surface area contributed by atoms with Crippen LogP contribution in [-0.2, 0) is 5.33 Å². The summed E-state index contributed by atoms with van der Waals surface area (Å²) in [5.74, 6) is -0.240. The molecule has 16 heavy (non-hydrogen) atoms. The van der Waals surface area contributed by atoms with Crippen LogP contribution in [0.4, 0.5) is 4.79 Å². The van der Waals surface area contributed by atoms with Crippen molar-refractivity contribution >= 4 is 27.9 Å². The molecule has 1 aromatic rings. The lowest BCUT2D eigenvalue weighted by molar-refractivity contribution is 0.0829. The van der Waals surface area contributed by atoms with Gasteiger partial charge in [0, 0.05) is 24.0 Å². The van der Waals surface area contributed by atoms with E-state index in [1.54, 1.807) is 12.1 Å². The second-order valence-corrected chi connectivity index (χ2v) is 4.08. The standard InChI is InChI=1S/C11H11BrN2O2/c12-7-8-1-3-9(4-2-8)10(15)14-6-5-13-11(14)16/h1-4H,5-7H2,(H,13,16). The molecule has 1 fully saturated rings. The van der Waals surface area contributed by atoms with Gasteiger partial charge in [0.15, 0.2) is 0 Å². The largest absolute Gasteiger partial charge is 0.336 e. The first-order chi connectivity index (χ1) is 7.72. The molecule has 0 atom stereocenters. The highest BCUT2D eigenvalue weighted by Gasteiger charge is 2.26. The third-order valence-corrected chi connectivity index (χ3v) is 3.10. The van der Waals surface area contributed by atoms with Crippen molar-refractivity contribution in [3.05, 3.63) is 35.4 Å². The number of hydrogen-bond donors (Lipinski definition) is 1. The van der Waals surface area contributed by atoms with Crippen molar-refractivity contribution in [2.75, 3.05) is 13.1 Å². The van der Waals surface area contributed by atoms with Gasteiger partial charge < -0.3 is 5.32 Å². The molecular formula is C11H11BrN2O2. The maximum Gasteiger partial charge on any atom is 0.324 e. The van der Waals surface area contributed by atoms with Crippen LogP contribution < -0.4 is 5.32 Å². The van der Waals surface area contributed by atoms with Gasteiger partial charge in [-0.2, -0.15) is 0 Å². The molecule has 0 aromatic heterocycles. The first-order valence-corrected chi connectivity index (χ1v) is 6.09. The van der Waals surface area contributed by atoms with E-state index >= 15 is 0 Å². The van der Waals surface area contributed by atoms with E-state index in [4.69, 9.17) is 0 Å². The van der Waals surface area contributed by atoms with E-state index in [1.807, 2.05) is 12.1 Å². The zero-order valence-electron chi connectivity index (χ0n) is 8.57. The molecule has 0 bridgehead atoms. The van der Waals surface area contributed by atoms with E-state index in [-0.39, 0.29) is 11.9 Å². The number of hydrogen-bond acceptors (Lipinski definition) is 2. The number of urea groups is 1. The van der Waals surface area contributed by atoms with Gasteiger partial charge in [0.1, 0.15) is 0 Å². The van der Waals surface area contributed by atoms with E-state index in [2.05, 4.69) is 21.2 Å². The Morgan fingerprint density at radius 1 is 1.38 bits per heavy atom. The summed E-state index contributed by atoms with van der Waals surface area (Å²) in [6.07, 6.45) is 0. The van der Waals surface area contributed by atoms with Gasteiger partial charge in [0.05, 0.1) is 0 Å². The molecule has 1 saturated heterocycles. The van der Waals surface area contributed by atoms with E-state index in [0.29, 0.717) is 18.7 Å². The van der Waals surface area contributed by atoms with Gasteiger partial charge in [-0.25, -0.2) is 4.79 Å². The van der Waals surface area contributed by atoms with Crippen molar-refractivity contribution in [2.24, 2.45) is 0 Å². The molecular weight excluding hydrogens is 272 g/mol. The molecule has 3 amide bonds. The van der Waals surface area contributed by atoms with Gasteiger partial charge in [0.25, 0.3) is 5.91 Å². The molecule has 1 heterocycles. The van der Waals surface area contributed by atoms with Crippen LogP contribution in [0.15, 0.2) is 24.3 Å². The monoisotopic (exact) mass is 282 g/mol. The molecule has 5 heteroatoms. The normalized spacial score (nSPS) is 15.1. The summed E-state index contributed by atoms with van der Waals surface area (Å²) >= 11 is 3.34. The maximum absolute atomic E-state index is 11.9. The van der Waals surface area contributed by atoms with Crippen molar-refractivity contribution in [1.82, 2.24) is 10.2 Å². The highest BCUT2D eigenvalue weighted by Crippen LogP contribution is 2.11. The summed E-state index contributed by atoms with van der Waals surface area (Å²) in [4.78, 5) is 24.4. The Kier molecular flexibility index (Phi) is 3.24. The third kappa shape index (κ3) is 2.09. The highest BCUT2D eigenvalue weighted by atomic mass is 79.9. The van der Waals surface area contributed by atoms with E-state index in [9.17, 15) is 9.59 Å². The number of alkyl halides is 1. The number of nitrogens with zero attached hydrogens (tertiary/aromatic N) is 1. The number of amides is 3. The smallest absolute Gasteiger partial charge is 0.324 e. The SMILES string of the molecule is O=C1NCCN1C(=O)c1ccc(CBr)cc1. The number of carbonyl (C=O) groups is 2. The molecule has 84 valence electrons. The van der Waals surface area contributed by atoms with Crippen molar-refractivity contribution in [3.63, 3.8) is 0 Å². The van der Waals surface area contributed by atoms with Gasteiger partial charge in [0.2, 0.25) is 0 Å². The zero-order chi connectivity index (χ0) is 11.5. The molecule has 0 spiro atoms. The Balaban J connectivity index is 2.17. The van der Waals surface area contributed by atoms with Crippen molar-refractivity contribution in [1.29, 1.82) is 0 Å². The lowest BCUT2D eigenvalue weighted by Crippen LogP contribution is -2.34. The minimum atomic E-state index is -0.311. The van der Waals surface area contributed by atoms with E-state index in [1.165, 1.54) is 4.90 Å². The Morgan fingerprint density at radius 3 is 2.56 bits per heavy atom. The first-order valence-electron chi connectivity index (χ1n) is 4.97. The number of carbonyl (C=O) groups excluding carboxylic acids is 2. The zero-order valence-corrected chi connectivity index (χ0v) is 10.2. The molecule has 0 unspecified atom stereocenters. The average molecular weight is 283 g/mol. The molecule has 1 aliphatic rings. The van der Waals surface area contributed by atoms with Gasteiger partial charge in [-0.1, -0.05) is 28.1 Å². The second kappa shape index (κ2) is 4.65.